The molecule has 0 aromatic carbocycles. The number of aliphatic hydroxyl groups is 1. The summed E-state index contributed by atoms with van der Waals surface area (Å²) in [5.41, 5.74) is 0.241. The second-order valence-electron chi connectivity index (χ2n) is 4.56. The van der Waals surface area contributed by atoms with E-state index < -0.39 is 0 Å². The van der Waals surface area contributed by atoms with Gasteiger partial charge in [-0.3, -0.25) is 4.90 Å². The minimum Gasteiger partial charge on any atom is -0.393 e. The number of rotatable bonds is 1. The summed E-state index contributed by atoms with van der Waals surface area (Å²) in [6.45, 7) is 6.62. The van der Waals surface area contributed by atoms with Crippen LogP contribution in [0.3, 0.4) is 0 Å². The topological polar surface area (TPSA) is 23.5 Å². The highest BCUT2D eigenvalue weighted by molar-refractivity contribution is 4.90. The van der Waals surface area contributed by atoms with Gasteiger partial charge in [0.2, 0.25) is 0 Å². The molecule has 0 radical (unpaired) electrons. The molecule has 0 unspecified atom stereocenters. The van der Waals surface area contributed by atoms with Crippen LogP contribution in [-0.2, 0) is 0 Å². The maximum atomic E-state index is 9.11. The Bertz CT molecular complexity index is 133. The van der Waals surface area contributed by atoms with Crippen molar-refractivity contribution in [2.75, 3.05) is 7.05 Å². The minimum absolute atomic E-state index is 0.0372. The molecule has 1 N–H and O–H groups in total. The lowest BCUT2D eigenvalue weighted by Crippen LogP contribution is -2.52. The third-order valence-electron chi connectivity index (χ3n) is 2.69. The van der Waals surface area contributed by atoms with Crippen LogP contribution in [0.25, 0.3) is 0 Å². The summed E-state index contributed by atoms with van der Waals surface area (Å²) in [6, 6.07) is 0.602. The van der Waals surface area contributed by atoms with Gasteiger partial charge in [0.15, 0.2) is 0 Å². The summed E-state index contributed by atoms with van der Waals surface area (Å²) in [6.07, 6.45) is 1.87. The Labute approximate surface area is 69.2 Å². The fourth-order valence-corrected chi connectivity index (χ4v) is 1.42. The van der Waals surface area contributed by atoms with E-state index in [-0.39, 0.29) is 11.6 Å². The molecule has 0 saturated heterocycles. The minimum atomic E-state index is -0.0372. The summed E-state index contributed by atoms with van der Waals surface area (Å²) >= 11 is 0. The molecule has 0 spiro atoms. The number of aliphatic hydroxyl groups excluding tert-OH is 1. The van der Waals surface area contributed by atoms with Crippen molar-refractivity contribution in [2.24, 2.45) is 0 Å². The molecule has 0 aromatic rings. The summed E-state index contributed by atoms with van der Waals surface area (Å²) in [5, 5.41) is 9.11. The average Bonchev–Trinajstić information content (AvgIpc) is 1.77. The van der Waals surface area contributed by atoms with Crippen molar-refractivity contribution < 1.29 is 5.11 Å². The second-order valence-corrected chi connectivity index (χ2v) is 4.56. The fourth-order valence-electron chi connectivity index (χ4n) is 1.42. The van der Waals surface area contributed by atoms with Crippen LogP contribution in [0, 0.1) is 0 Å². The molecule has 0 aliphatic heterocycles. The maximum Gasteiger partial charge on any atom is 0.0570 e. The zero-order valence-electron chi connectivity index (χ0n) is 7.96. The van der Waals surface area contributed by atoms with E-state index in [9.17, 15) is 0 Å². The highest BCUT2D eigenvalue weighted by Crippen LogP contribution is 2.28. The lowest BCUT2D eigenvalue weighted by molar-refractivity contribution is -0.0212. The summed E-state index contributed by atoms with van der Waals surface area (Å²) in [7, 11) is 2.14. The van der Waals surface area contributed by atoms with Gasteiger partial charge in [-0.25, -0.2) is 0 Å². The second kappa shape index (κ2) is 2.76. The van der Waals surface area contributed by atoms with Gasteiger partial charge in [0.1, 0.15) is 0 Å². The van der Waals surface area contributed by atoms with Crippen LogP contribution in [0.4, 0.5) is 0 Å². The van der Waals surface area contributed by atoms with Crippen LogP contribution < -0.4 is 0 Å². The van der Waals surface area contributed by atoms with E-state index in [4.69, 9.17) is 5.11 Å². The highest BCUT2D eigenvalue weighted by Gasteiger charge is 2.34. The molecule has 1 fully saturated rings. The van der Waals surface area contributed by atoms with E-state index in [1.807, 2.05) is 0 Å². The number of hydrogen-bond donors (Lipinski definition) is 1. The Morgan fingerprint density at radius 3 is 2.00 bits per heavy atom. The van der Waals surface area contributed by atoms with Crippen molar-refractivity contribution in [1.82, 2.24) is 4.90 Å². The smallest absolute Gasteiger partial charge is 0.0570 e. The van der Waals surface area contributed by atoms with Gasteiger partial charge in [0.25, 0.3) is 0 Å². The third kappa shape index (κ3) is 1.94. The molecule has 66 valence electrons. The molecule has 1 aliphatic carbocycles. The zero-order chi connectivity index (χ0) is 8.65. The Kier molecular flexibility index (Phi) is 2.26. The Morgan fingerprint density at radius 2 is 1.73 bits per heavy atom. The van der Waals surface area contributed by atoms with E-state index in [1.165, 1.54) is 0 Å². The fraction of sp³-hybridized carbons (Fsp3) is 1.00. The van der Waals surface area contributed by atoms with Gasteiger partial charge in [0, 0.05) is 11.6 Å². The molecule has 0 amide bonds. The first-order valence-corrected chi connectivity index (χ1v) is 4.32. The van der Waals surface area contributed by atoms with Crippen molar-refractivity contribution in [3.8, 4) is 0 Å². The first-order chi connectivity index (χ1) is 4.91. The van der Waals surface area contributed by atoms with Crippen molar-refractivity contribution >= 4 is 0 Å². The molecule has 2 nitrogen and oxygen atoms in total. The Morgan fingerprint density at radius 1 is 1.27 bits per heavy atom. The number of hydrogen-bond acceptors (Lipinski definition) is 2. The normalized spacial score (nSPS) is 32.2. The molecule has 0 bridgehead atoms. The first-order valence-electron chi connectivity index (χ1n) is 4.32. The highest BCUT2D eigenvalue weighted by atomic mass is 16.3. The molecule has 0 heterocycles. The van der Waals surface area contributed by atoms with Crippen molar-refractivity contribution in [3.63, 3.8) is 0 Å². The first kappa shape index (κ1) is 9.01. The number of nitrogens with zero attached hydrogens (tertiary/aromatic N) is 1. The predicted molar refractivity (Wildman–Crippen MR) is 46.5 cm³/mol. The average molecular weight is 157 g/mol. The van der Waals surface area contributed by atoms with Crippen LogP contribution in [0.1, 0.15) is 33.6 Å². The molecule has 1 aliphatic rings. The van der Waals surface area contributed by atoms with Crippen LogP contribution in [0.15, 0.2) is 0 Å². The summed E-state index contributed by atoms with van der Waals surface area (Å²) in [4.78, 5) is 2.35. The molecular formula is C9H19NO. The molecule has 0 atom stereocenters. The van der Waals surface area contributed by atoms with E-state index in [2.05, 4.69) is 32.7 Å². The quantitative estimate of drug-likeness (QED) is 0.619. The largest absolute Gasteiger partial charge is 0.393 e. The van der Waals surface area contributed by atoms with Crippen LogP contribution in [-0.4, -0.2) is 34.7 Å². The van der Waals surface area contributed by atoms with Crippen molar-refractivity contribution in [1.29, 1.82) is 0 Å². The van der Waals surface area contributed by atoms with Gasteiger partial charge in [-0.2, -0.15) is 0 Å². The molecule has 1 saturated carbocycles. The van der Waals surface area contributed by atoms with E-state index in [0.29, 0.717) is 6.04 Å². The van der Waals surface area contributed by atoms with E-state index >= 15 is 0 Å². The van der Waals surface area contributed by atoms with Crippen LogP contribution >= 0.6 is 0 Å². The summed E-state index contributed by atoms with van der Waals surface area (Å²) < 4.78 is 0. The van der Waals surface area contributed by atoms with Crippen LogP contribution in [0.5, 0.6) is 0 Å². The molecule has 11 heavy (non-hydrogen) atoms. The predicted octanol–water partition coefficient (Wildman–Crippen LogP) is 1.24. The SMILES string of the molecule is CN([C@H]1C[C@H](O)C1)C(C)(C)C. The third-order valence-corrected chi connectivity index (χ3v) is 2.69. The standard InChI is InChI=1S/C9H19NO/c1-9(2,3)10(4)7-5-8(11)6-7/h7-8,11H,5-6H2,1-4H3/t7-,8-. The van der Waals surface area contributed by atoms with Crippen molar-refractivity contribution in [3.05, 3.63) is 0 Å². The van der Waals surface area contributed by atoms with Crippen LogP contribution in [0.2, 0.25) is 0 Å². The lowest BCUT2D eigenvalue weighted by atomic mass is 9.86. The lowest BCUT2D eigenvalue weighted by Gasteiger charge is -2.45. The maximum absolute atomic E-state index is 9.11. The van der Waals surface area contributed by atoms with Crippen molar-refractivity contribution in [2.45, 2.75) is 51.3 Å². The molecule has 0 aromatic heterocycles. The van der Waals surface area contributed by atoms with Gasteiger partial charge < -0.3 is 5.11 Å². The van der Waals surface area contributed by atoms with Gasteiger partial charge in [-0.15, -0.1) is 0 Å². The van der Waals surface area contributed by atoms with Gasteiger partial charge in [-0.1, -0.05) is 0 Å². The molecular weight excluding hydrogens is 138 g/mol. The Balaban J connectivity index is 2.38. The van der Waals surface area contributed by atoms with E-state index in [1.54, 1.807) is 0 Å². The van der Waals surface area contributed by atoms with Gasteiger partial charge >= 0.3 is 0 Å². The monoisotopic (exact) mass is 157 g/mol. The van der Waals surface area contributed by atoms with E-state index in [0.717, 1.165) is 12.8 Å². The van der Waals surface area contributed by atoms with Gasteiger partial charge in [0.05, 0.1) is 6.10 Å². The molecule has 1 rings (SSSR count). The molecule has 2 heteroatoms. The Hall–Kier alpha value is -0.0800. The van der Waals surface area contributed by atoms with Gasteiger partial charge in [-0.05, 0) is 40.7 Å². The zero-order valence-corrected chi connectivity index (χ0v) is 7.96. The summed E-state index contributed by atoms with van der Waals surface area (Å²) in [5.74, 6) is 0.